The van der Waals surface area contributed by atoms with E-state index in [0.717, 1.165) is 16.5 Å². The molecule has 3 atom stereocenters. The number of pyridine rings is 2. The predicted octanol–water partition coefficient (Wildman–Crippen LogP) is 1.23. The molecule has 4 heterocycles. The van der Waals surface area contributed by atoms with Crippen molar-refractivity contribution in [2.24, 2.45) is 5.73 Å². The quantitative estimate of drug-likeness (QED) is 0.119. The molecule has 0 radical (unpaired) electrons. The first-order chi connectivity index (χ1) is 20.5. The summed E-state index contributed by atoms with van der Waals surface area (Å²) in [5.74, 6) is -2.03. The Balaban J connectivity index is 1.30. The number of aliphatic hydroxyl groups is 1. The van der Waals surface area contributed by atoms with E-state index in [2.05, 4.69) is 10.6 Å². The number of aromatic nitrogens is 2. The van der Waals surface area contributed by atoms with E-state index in [-0.39, 0.29) is 36.6 Å². The number of carbonyl (C=O) groups is 3. The van der Waals surface area contributed by atoms with E-state index in [0.29, 0.717) is 48.3 Å². The maximum Gasteiger partial charge on any atom is 0.340 e. The summed E-state index contributed by atoms with van der Waals surface area (Å²) in [6.07, 6.45) is 0.375. The number of hydrogen-bond donors (Lipinski definition) is 4. The molecule has 2 amide bonds. The number of amides is 2. The van der Waals surface area contributed by atoms with Gasteiger partial charge in [-0.1, -0.05) is 0 Å². The molecule has 0 bridgehead atoms. The molecule has 228 valence electrons. The topological polar surface area (TPSA) is 175 Å². The van der Waals surface area contributed by atoms with Crippen molar-refractivity contribution in [3.05, 3.63) is 62.2 Å². The number of nitrogens with one attached hydrogen (secondary N) is 2. The number of fused-ring (bicyclic) bond motifs is 5. The molecule has 0 aliphatic carbocycles. The van der Waals surface area contributed by atoms with E-state index in [1.165, 1.54) is 13.0 Å². The number of cyclic esters (lactones) is 1. The summed E-state index contributed by atoms with van der Waals surface area (Å²) in [5, 5.41) is 16.3. The van der Waals surface area contributed by atoms with Gasteiger partial charge in [-0.25, -0.2) is 14.2 Å². The van der Waals surface area contributed by atoms with E-state index in [1.54, 1.807) is 30.5 Å². The van der Waals surface area contributed by atoms with Crippen molar-refractivity contribution in [3.63, 3.8) is 0 Å². The summed E-state index contributed by atoms with van der Waals surface area (Å²) in [7, 11) is 0. The van der Waals surface area contributed by atoms with Crippen molar-refractivity contribution >= 4 is 28.7 Å². The Bertz CT molecular complexity index is 1690. The molecule has 2 aliphatic rings. The monoisotopic (exact) mass is 595 g/mol. The fourth-order valence-corrected chi connectivity index (χ4v) is 5.39. The minimum absolute atomic E-state index is 0.0236. The standard InChI is InChI=1S/C30H34FN5O7/c1-14-8-18-17(6-4-5-7-42-13-33-28(39)16(3)34-27(38)15(2)32)20-11-36-24(25(20)35-23(18)10-22(14)31)9-19-21(29(36)40)12-43-30(41)26(19)37/h8-10,15-16,26,37H,4-7,11-13,32H2,1-3H3,(H,33,39)(H,34,38)/t15-,16-,26-/m0/s1. The SMILES string of the molecule is Cc1cc2c(CCCCOCNC(=O)[C@H](C)NC(=O)[C@H](C)N)c3c(nc2cc1F)-c1cc2c(c(=O)n1C3)COC(=O)[C@H]2O. The number of nitrogens with two attached hydrogens (primary N) is 1. The summed E-state index contributed by atoms with van der Waals surface area (Å²) in [4.78, 5) is 53.9. The molecule has 5 N–H and O–H groups in total. The Labute approximate surface area is 246 Å². The number of halogens is 1. The lowest BCUT2D eigenvalue weighted by molar-refractivity contribution is -0.157. The van der Waals surface area contributed by atoms with Gasteiger partial charge in [0.1, 0.15) is 25.2 Å². The van der Waals surface area contributed by atoms with Crippen LogP contribution in [0.1, 0.15) is 60.6 Å². The average Bonchev–Trinajstić information content (AvgIpc) is 3.33. The second kappa shape index (κ2) is 12.2. The fraction of sp³-hybridized carbons (Fsp3) is 0.433. The second-order valence-corrected chi connectivity index (χ2v) is 11.0. The number of unbranched alkanes of at least 4 members (excludes halogenated alkanes) is 1. The van der Waals surface area contributed by atoms with Crippen LogP contribution in [0.2, 0.25) is 0 Å². The van der Waals surface area contributed by atoms with Crippen molar-refractivity contribution in [3.8, 4) is 11.4 Å². The highest BCUT2D eigenvalue weighted by Crippen LogP contribution is 2.38. The molecule has 2 aromatic heterocycles. The Hall–Kier alpha value is -4.20. The molecule has 2 aliphatic heterocycles. The largest absolute Gasteiger partial charge is 0.458 e. The first-order valence-corrected chi connectivity index (χ1v) is 14.1. The first-order valence-electron chi connectivity index (χ1n) is 14.1. The minimum Gasteiger partial charge on any atom is -0.458 e. The molecule has 1 aromatic carbocycles. The lowest BCUT2D eigenvalue weighted by Gasteiger charge is -2.21. The Morgan fingerprint density at radius 2 is 1.98 bits per heavy atom. The van der Waals surface area contributed by atoms with E-state index in [1.807, 2.05) is 0 Å². The first kappa shape index (κ1) is 30.3. The van der Waals surface area contributed by atoms with Crippen molar-refractivity contribution in [2.75, 3.05) is 13.3 Å². The fourth-order valence-electron chi connectivity index (χ4n) is 5.39. The summed E-state index contributed by atoms with van der Waals surface area (Å²) in [5.41, 5.74) is 9.23. The number of ether oxygens (including phenoxy) is 2. The van der Waals surface area contributed by atoms with Gasteiger partial charge < -0.3 is 35.5 Å². The number of carbonyl (C=O) groups excluding carboxylic acids is 3. The smallest absolute Gasteiger partial charge is 0.340 e. The molecule has 43 heavy (non-hydrogen) atoms. The number of hydrogen-bond acceptors (Lipinski definition) is 9. The zero-order chi connectivity index (χ0) is 31.0. The molecular formula is C30H34FN5O7. The third-order valence-electron chi connectivity index (χ3n) is 7.83. The van der Waals surface area contributed by atoms with Gasteiger partial charge in [0, 0.05) is 29.2 Å². The van der Waals surface area contributed by atoms with Gasteiger partial charge in [0.15, 0.2) is 6.10 Å². The van der Waals surface area contributed by atoms with Crippen LogP contribution in [-0.4, -0.2) is 57.9 Å². The molecule has 13 heteroatoms. The van der Waals surface area contributed by atoms with Crippen LogP contribution in [0.3, 0.4) is 0 Å². The highest BCUT2D eigenvalue weighted by atomic mass is 19.1. The van der Waals surface area contributed by atoms with E-state index in [4.69, 9.17) is 20.2 Å². The van der Waals surface area contributed by atoms with Crippen molar-refractivity contribution in [2.45, 2.75) is 71.4 Å². The van der Waals surface area contributed by atoms with Gasteiger partial charge in [0.05, 0.1) is 35.1 Å². The maximum atomic E-state index is 14.6. The normalized spacial score (nSPS) is 16.6. The molecule has 0 saturated heterocycles. The third-order valence-corrected chi connectivity index (χ3v) is 7.83. The number of benzene rings is 1. The van der Waals surface area contributed by atoms with Crippen LogP contribution in [-0.2, 0) is 43.4 Å². The summed E-state index contributed by atoms with van der Waals surface area (Å²) < 4.78 is 26.7. The Morgan fingerprint density at radius 1 is 1.21 bits per heavy atom. The van der Waals surface area contributed by atoms with Gasteiger partial charge >= 0.3 is 5.97 Å². The molecule has 0 fully saturated rings. The zero-order valence-corrected chi connectivity index (χ0v) is 24.2. The maximum absolute atomic E-state index is 14.6. The van der Waals surface area contributed by atoms with Crippen LogP contribution < -0.4 is 21.9 Å². The number of aliphatic hydroxyl groups excluding tert-OH is 1. The van der Waals surface area contributed by atoms with Gasteiger partial charge in [-0.2, -0.15) is 0 Å². The molecule has 0 unspecified atom stereocenters. The highest BCUT2D eigenvalue weighted by Gasteiger charge is 2.34. The highest BCUT2D eigenvalue weighted by molar-refractivity contribution is 5.90. The van der Waals surface area contributed by atoms with Gasteiger partial charge in [-0.3, -0.25) is 14.4 Å². The van der Waals surface area contributed by atoms with Crippen molar-refractivity contribution in [1.82, 2.24) is 20.2 Å². The molecule has 0 saturated carbocycles. The van der Waals surface area contributed by atoms with E-state index in [9.17, 15) is 28.7 Å². The molecule has 5 rings (SSSR count). The van der Waals surface area contributed by atoms with Crippen LogP contribution in [0, 0.1) is 12.7 Å². The van der Waals surface area contributed by atoms with Crippen LogP contribution in [0.15, 0.2) is 23.0 Å². The van der Waals surface area contributed by atoms with Crippen LogP contribution in [0.4, 0.5) is 4.39 Å². The summed E-state index contributed by atoms with van der Waals surface area (Å²) >= 11 is 0. The van der Waals surface area contributed by atoms with Crippen LogP contribution in [0.5, 0.6) is 0 Å². The van der Waals surface area contributed by atoms with Gasteiger partial charge in [0.25, 0.3) is 5.56 Å². The van der Waals surface area contributed by atoms with Crippen LogP contribution in [0.25, 0.3) is 22.3 Å². The molecule has 12 nitrogen and oxygen atoms in total. The molecular weight excluding hydrogens is 561 g/mol. The zero-order valence-electron chi connectivity index (χ0n) is 24.2. The van der Waals surface area contributed by atoms with E-state index >= 15 is 0 Å². The molecule has 0 spiro atoms. The lowest BCUT2D eigenvalue weighted by Crippen LogP contribution is -2.49. The Kier molecular flexibility index (Phi) is 8.58. The molecule has 3 aromatic rings. The average molecular weight is 596 g/mol. The van der Waals surface area contributed by atoms with E-state index < -0.39 is 41.8 Å². The van der Waals surface area contributed by atoms with Gasteiger partial charge in [0.2, 0.25) is 11.8 Å². The number of esters is 1. The lowest BCUT2D eigenvalue weighted by atomic mass is 9.94. The summed E-state index contributed by atoms with van der Waals surface area (Å²) in [6, 6.07) is 3.27. The van der Waals surface area contributed by atoms with Gasteiger partial charge in [-0.05, 0) is 63.3 Å². The number of rotatable bonds is 10. The van der Waals surface area contributed by atoms with Crippen molar-refractivity contribution in [1.29, 1.82) is 0 Å². The minimum atomic E-state index is -1.56. The Morgan fingerprint density at radius 3 is 2.72 bits per heavy atom. The van der Waals surface area contributed by atoms with Gasteiger partial charge in [-0.15, -0.1) is 0 Å². The predicted molar refractivity (Wildman–Crippen MR) is 153 cm³/mol. The third kappa shape index (κ3) is 5.88. The van der Waals surface area contributed by atoms with Crippen LogP contribution >= 0.6 is 0 Å². The number of nitrogens with zero attached hydrogens (tertiary/aromatic N) is 2. The second-order valence-electron chi connectivity index (χ2n) is 11.0. The van der Waals surface area contributed by atoms with Crippen molar-refractivity contribution < 1.29 is 33.4 Å². The summed E-state index contributed by atoms with van der Waals surface area (Å²) in [6.45, 7) is 5.13. The number of aryl methyl sites for hydroxylation is 2.